The highest BCUT2D eigenvalue weighted by molar-refractivity contribution is 6.25. The third kappa shape index (κ3) is 4.55. The predicted molar refractivity (Wildman–Crippen MR) is 159 cm³/mol. The van der Waals surface area contributed by atoms with Crippen molar-refractivity contribution in [3.05, 3.63) is 69.7 Å². The molecule has 3 aliphatic rings. The van der Waals surface area contributed by atoms with Crippen LogP contribution in [-0.2, 0) is 16.0 Å². The topological polar surface area (TPSA) is 203 Å². The van der Waals surface area contributed by atoms with Crippen molar-refractivity contribution in [1.82, 2.24) is 4.90 Å². The highest BCUT2D eigenvalue weighted by atomic mass is 16.6. The fraction of sp³-hybridized carbons (Fsp3) is 0.355. The molecule has 0 radical (unpaired) electrons. The van der Waals surface area contributed by atoms with Crippen molar-refractivity contribution in [3.8, 4) is 11.5 Å². The molecule has 0 fully saturated rings. The molecular weight excluding hydrogens is 572 g/mol. The number of aliphatic hydroxyl groups is 3. The maximum Gasteiger partial charge on any atom is 0.417 e. The third-order valence-corrected chi connectivity index (χ3v) is 8.65. The van der Waals surface area contributed by atoms with Gasteiger partial charge in [0, 0.05) is 31.3 Å². The van der Waals surface area contributed by atoms with E-state index in [1.807, 2.05) is 6.92 Å². The summed E-state index contributed by atoms with van der Waals surface area (Å²) in [6, 6.07) is 7.10. The summed E-state index contributed by atoms with van der Waals surface area (Å²) in [5.74, 6) is -7.31. The number of fused-ring (bicyclic) bond motifs is 3. The van der Waals surface area contributed by atoms with Crippen LogP contribution in [0.2, 0.25) is 0 Å². The second kappa shape index (κ2) is 10.7. The van der Waals surface area contributed by atoms with Crippen LogP contribution in [0.5, 0.6) is 11.5 Å². The standard InChI is InChI=1S/C31H34N4O9/c1-13-6-8-15(9-7-13)44-30(42)33-18-12-19(34(2)3)16-10-14-11-17-23(35(4)5)26(38)22(29(32)41)28(40)31(17,43)27(39)20(14)25(37)21(16)24(18)36/h6-9,12,14,17,23,36,38-39,43H,10-11H2,1-5H3,(H2,32,41)(H,33,42)/t14-,17-,23-,31-/m0/s1. The van der Waals surface area contributed by atoms with E-state index in [9.17, 15) is 39.6 Å². The molecule has 232 valence electrons. The number of nitrogens with two attached hydrogens (primary N) is 1. The molecule has 0 heterocycles. The van der Waals surface area contributed by atoms with Gasteiger partial charge in [-0.15, -0.1) is 0 Å². The van der Waals surface area contributed by atoms with E-state index in [-0.39, 0.29) is 35.4 Å². The Kier molecular flexibility index (Phi) is 7.42. The first kappa shape index (κ1) is 30.6. The number of ketones is 2. The Morgan fingerprint density at radius 3 is 2.27 bits per heavy atom. The summed E-state index contributed by atoms with van der Waals surface area (Å²) in [5.41, 5.74) is 2.93. The number of ether oxygens (including phenoxy) is 1. The number of amides is 2. The van der Waals surface area contributed by atoms with E-state index in [0.717, 1.165) is 5.56 Å². The van der Waals surface area contributed by atoms with Crippen LogP contribution in [0.1, 0.15) is 27.9 Å². The number of nitrogens with one attached hydrogen (secondary N) is 1. The SMILES string of the molecule is Cc1ccc(OC(=O)Nc2cc(N(C)C)c3c(c2O)C(=O)C2=C(O)[C@]4(O)C(=O)C(C(N)=O)=C(O)[C@@H](N(C)C)[C@@H]4C[C@@H]2C3)cc1. The molecule has 13 heteroatoms. The van der Waals surface area contributed by atoms with Gasteiger partial charge in [0.05, 0.1) is 17.3 Å². The van der Waals surface area contributed by atoms with Gasteiger partial charge in [0.1, 0.15) is 22.8 Å². The number of allylic oxidation sites excluding steroid dienone is 1. The second-order valence-electron chi connectivity index (χ2n) is 11.8. The van der Waals surface area contributed by atoms with Crippen molar-refractivity contribution in [1.29, 1.82) is 0 Å². The van der Waals surface area contributed by atoms with Gasteiger partial charge in [0.15, 0.2) is 17.1 Å². The van der Waals surface area contributed by atoms with Gasteiger partial charge in [-0.25, -0.2) is 4.79 Å². The van der Waals surface area contributed by atoms with Crippen LogP contribution in [0.15, 0.2) is 53.0 Å². The highest BCUT2D eigenvalue weighted by Gasteiger charge is 2.63. The minimum atomic E-state index is -2.75. The van der Waals surface area contributed by atoms with E-state index in [4.69, 9.17) is 10.5 Å². The summed E-state index contributed by atoms with van der Waals surface area (Å²) < 4.78 is 5.31. The number of carbonyl (C=O) groups excluding carboxylic acids is 4. The third-order valence-electron chi connectivity index (χ3n) is 8.65. The Labute approximate surface area is 252 Å². The highest BCUT2D eigenvalue weighted by Crippen LogP contribution is 2.54. The quantitative estimate of drug-likeness (QED) is 0.215. The minimum Gasteiger partial charge on any atom is -0.510 e. The molecule has 5 rings (SSSR count). The van der Waals surface area contributed by atoms with Crippen molar-refractivity contribution in [3.63, 3.8) is 0 Å². The Hall–Kier alpha value is -4.88. The number of nitrogens with zero attached hydrogens (tertiary/aromatic N) is 2. The number of aliphatic hydroxyl groups excluding tert-OH is 2. The van der Waals surface area contributed by atoms with Gasteiger partial charge in [0.2, 0.25) is 5.78 Å². The molecule has 0 bridgehead atoms. The molecule has 13 nitrogen and oxygen atoms in total. The van der Waals surface area contributed by atoms with Crippen molar-refractivity contribution in [2.24, 2.45) is 17.6 Å². The number of likely N-dealkylation sites (N-methyl/N-ethyl adjacent to an activating group) is 1. The van der Waals surface area contributed by atoms with Crippen LogP contribution in [0, 0.1) is 18.8 Å². The second-order valence-corrected chi connectivity index (χ2v) is 11.8. The first-order valence-electron chi connectivity index (χ1n) is 13.9. The number of hydrogen-bond acceptors (Lipinski definition) is 11. The van der Waals surface area contributed by atoms with Gasteiger partial charge < -0.3 is 35.8 Å². The molecule has 0 aliphatic heterocycles. The monoisotopic (exact) mass is 606 g/mol. The lowest BCUT2D eigenvalue weighted by Gasteiger charge is -2.50. The molecule has 2 aromatic rings. The normalized spacial score (nSPS) is 24.5. The van der Waals surface area contributed by atoms with Gasteiger partial charge in [-0.3, -0.25) is 24.6 Å². The fourth-order valence-electron chi connectivity index (χ4n) is 6.64. The average Bonchev–Trinajstić information content (AvgIpc) is 2.93. The Bertz CT molecular complexity index is 1680. The summed E-state index contributed by atoms with van der Waals surface area (Å²) in [5, 5.41) is 48.0. The smallest absolute Gasteiger partial charge is 0.417 e. The molecule has 4 atom stereocenters. The maximum atomic E-state index is 14.1. The summed E-state index contributed by atoms with van der Waals surface area (Å²) in [4.78, 5) is 55.7. The van der Waals surface area contributed by atoms with E-state index >= 15 is 0 Å². The number of benzene rings is 2. The van der Waals surface area contributed by atoms with Crippen LogP contribution >= 0.6 is 0 Å². The summed E-state index contributed by atoms with van der Waals surface area (Å²) in [7, 11) is 6.55. The predicted octanol–water partition coefficient (Wildman–Crippen LogP) is 2.11. The van der Waals surface area contributed by atoms with E-state index in [0.29, 0.717) is 11.3 Å². The number of carbonyl (C=O) groups is 4. The van der Waals surface area contributed by atoms with Crippen molar-refractivity contribution in [2.45, 2.75) is 31.4 Å². The largest absolute Gasteiger partial charge is 0.510 e. The van der Waals surface area contributed by atoms with E-state index in [2.05, 4.69) is 5.32 Å². The lowest BCUT2D eigenvalue weighted by molar-refractivity contribution is -0.148. The van der Waals surface area contributed by atoms with Crippen LogP contribution in [0.25, 0.3) is 0 Å². The number of primary amides is 1. The molecule has 3 aliphatic carbocycles. The van der Waals surface area contributed by atoms with E-state index in [1.165, 1.54) is 11.0 Å². The zero-order valence-electron chi connectivity index (χ0n) is 24.8. The van der Waals surface area contributed by atoms with Crippen molar-refractivity contribution in [2.75, 3.05) is 38.4 Å². The molecule has 0 spiro atoms. The summed E-state index contributed by atoms with van der Waals surface area (Å²) in [6.45, 7) is 1.87. The Balaban J connectivity index is 1.62. The van der Waals surface area contributed by atoms with E-state index < -0.39 is 69.9 Å². The zero-order valence-corrected chi connectivity index (χ0v) is 24.8. The van der Waals surface area contributed by atoms with Crippen LogP contribution in [0.4, 0.5) is 16.2 Å². The number of anilines is 2. The molecular formula is C31H34N4O9. The molecule has 0 unspecified atom stereocenters. The summed E-state index contributed by atoms with van der Waals surface area (Å²) >= 11 is 0. The molecule has 2 amide bonds. The average molecular weight is 607 g/mol. The van der Waals surface area contributed by atoms with Crippen LogP contribution < -0.4 is 20.7 Å². The minimum absolute atomic E-state index is 0.0394. The van der Waals surface area contributed by atoms with Crippen LogP contribution in [-0.4, -0.2) is 88.7 Å². The number of phenols is 1. The van der Waals surface area contributed by atoms with Crippen molar-refractivity contribution < 1.29 is 44.3 Å². The Morgan fingerprint density at radius 1 is 1.07 bits per heavy atom. The number of aromatic hydroxyl groups is 1. The molecule has 0 saturated heterocycles. The van der Waals surface area contributed by atoms with Gasteiger partial charge in [-0.2, -0.15) is 0 Å². The zero-order chi connectivity index (χ0) is 32.4. The van der Waals surface area contributed by atoms with Gasteiger partial charge in [0.25, 0.3) is 5.91 Å². The number of hydrogen-bond donors (Lipinski definition) is 6. The number of Topliss-reactive ketones (excluding diaryl/α,β-unsaturated/α-hetero) is 2. The number of phenolic OH excluding ortho intramolecular Hbond substituents is 1. The molecule has 0 aromatic heterocycles. The first-order valence-corrected chi connectivity index (χ1v) is 13.9. The molecule has 2 aromatic carbocycles. The van der Waals surface area contributed by atoms with E-state index in [1.54, 1.807) is 57.4 Å². The number of aryl methyl sites for hydroxylation is 1. The Morgan fingerprint density at radius 2 is 1.70 bits per heavy atom. The fourth-order valence-corrected chi connectivity index (χ4v) is 6.64. The summed E-state index contributed by atoms with van der Waals surface area (Å²) in [6.07, 6.45) is -0.869. The lowest BCUT2D eigenvalue weighted by atomic mass is 9.58. The van der Waals surface area contributed by atoms with Gasteiger partial charge in [-0.05, 0) is 63.5 Å². The van der Waals surface area contributed by atoms with Crippen LogP contribution in [0.3, 0.4) is 0 Å². The maximum absolute atomic E-state index is 14.1. The molecule has 44 heavy (non-hydrogen) atoms. The van der Waals surface area contributed by atoms with Crippen molar-refractivity contribution >= 4 is 34.9 Å². The lowest BCUT2D eigenvalue weighted by Crippen LogP contribution is -2.63. The van der Waals surface area contributed by atoms with Gasteiger partial charge >= 0.3 is 6.09 Å². The first-order chi connectivity index (χ1) is 20.6. The molecule has 7 N–H and O–H groups in total. The van der Waals surface area contributed by atoms with Gasteiger partial charge in [-0.1, -0.05) is 17.7 Å². The molecule has 0 saturated carbocycles. The number of rotatable bonds is 5.